The van der Waals surface area contributed by atoms with Crippen molar-refractivity contribution in [1.82, 2.24) is 5.32 Å². The second-order valence-corrected chi connectivity index (χ2v) is 9.57. The van der Waals surface area contributed by atoms with Gasteiger partial charge in [0.25, 0.3) is 0 Å². The highest BCUT2D eigenvalue weighted by Gasteiger charge is 2.26. The number of rotatable bonds is 8. The average Bonchev–Trinajstić information content (AvgIpc) is 2.49. The maximum atomic E-state index is 12.3. The lowest BCUT2D eigenvalue weighted by Gasteiger charge is -2.23. The molecule has 0 radical (unpaired) electrons. The van der Waals surface area contributed by atoms with E-state index in [-0.39, 0.29) is 25.2 Å². The van der Waals surface area contributed by atoms with Gasteiger partial charge >= 0.3 is 12.1 Å². The number of hydrogen-bond acceptors (Lipinski definition) is 6. The molecule has 7 nitrogen and oxygen atoms in total. The van der Waals surface area contributed by atoms with Gasteiger partial charge in [0.15, 0.2) is 0 Å². The van der Waals surface area contributed by atoms with Crippen LogP contribution >= 0.6 is 10.7 Å². The number of carbonyl (C=O) groups is 2. The number of ether oxygens (including phenoxy) is 2. The van der Waals surface area contributed by atoms with Gasteiger partial charge in [-0.1, -0.05) is 30.3 Å². The highest BCUT2D eigenvalue weighted by Crippen LogP contribution is 2.11. The fourth-order valence-corrected chi connectivity index (χ4v) is 2.83. The van der Waals surface area contributed by atoms with Gasteiger partial charge in [0, 0.05) is 10.7 Å². The molecule has 1 amide bonds. The topological polar surface area (TPSA) is 98.8 Å². The first kappa shape index (κ1) is 22.2. The molecule has 0 aliphatic carbocycles. The van der Waals surface area contributed by atoms with Crippen molar-refractivity contribution in [2.45, 2.75) is 51.9 Å². The van der Waals surface area contributed by atoms with Crippen LogP contribution in [0.15, 0.2) is 30.3 Å². The number of benzene rings is 1. The van der Waals surface area contributed by atoms with Crippen LogP contribution in [0, 0.1) is 0 Å². The standard InChI is InChI=1S/C17H24ClNO6S/c1-17(2,3)25-16(21)19-14(10-7-11-26(18,22)23)15(20)24-12-13-8-5-4-6-9-13/h4-6,8-9,14H,7,10-12H2,1-3H3,(H,19,21). The Hall–Kier alpha value is -1.80. The highest BCUT2D eigenvalue weighted by molar-refractivity contribution is 8.13. The van der Waals surface area contributed by atoms with E-state index in [0.29, 0.717) is 0 Å². The summed E-state index contributed by atoms with van der Waals surface area (Å²) in [5.74, 6) is -0.987. The lowest BCUT2D eigenvalue weighted by molar-refractivity contribution is -0.147. The highest BCUT2D eigenvalue weighted by atomic mass is 35.7. The summed E-state index contributed by atoms with van der Waals surface area (Å²) >= 11 is 0. The summed E-state index contributed by atoms with van der Waals surface area (Å²) in [7, 11) is 1.49. The van der Waals surface area contributed by atoms with Crippen molar-refractivity contribution < 1.29 is 27.5 Å². The molecule has 0 aliphatic rings. The van der Waals surface area contributed by atoms with Crippen molar-refractivity contribution >= 4 is 31.8 Å². The Balaban J connectivity index is 2.68. The van der Waals surface area contributed by atoms with Crippen LogP contribution in [0.1, 0.15) is 39.2 Å². The molecule has 9 heteroatoms. The van der Waals surface area contributed by atoms with Gasteiger partial charge in [-0.3, -0.25) is 0 Å². The fraction of sp³-hybridized carbons (Fsp3) is 0.529. The van der Waals surface area contributed by atoms with Crippen LogP contribution in [0.25, 0.3) is 0 Å². The smallest absolute Gasteiger partial charge is 0.408 e. The van der Waals surface area contributed by atoms with Gasteiger partial charge < -0.3 is 14.8 Å². The first-order chi connectivity index (χ1) is 12.0. The van der Waals surface area contributed by atoms with E-state index in [0.717, 1.165) is 5.56 Å². The molecule has 0 saturated heterocycles. The largest absolute Gasteiger partial charge is 0.459 e. The Labute approximate surface area is 158 Å². The number of carbonyl (C=O) groups excluding carboxylic acids is 2. The quantitative estimate of drug-likeness (QED) is 0.527. The van der Waals surface area contributed by atoms with E-state index in [1.165, 1.54) is 0 Å². The third-order valence-corrected chi connectivity index (χ3v) is 4.32. The van der Waals surface area contributed by atoms with E-state index in [1.807, 2.05) is 18.2 Å². The molecule has 0 bridgehead atoms. The van der Waals surface area contributed by atoms with E-state index < -0.39 is 32.8 Å². The summed E-state index contributed by atoms with van der Waals surface area (Å²) in [6.45, 7) is 5.11. The van der Waals surface area contributed by atoms with Gasteiger partial charge in [-0.2, -0.15) is 0 Å². The molecule has 0 fully saturated rings. The third kappa shape index (κ3) is 10.2. The number of alkyl carbamates (subject to hydrolysis) is 1. The molecule has 146 valence electrons. The molecule has 0 spiro atoms. The van der Waals surface area contributed by atoms with Gasteiger partial charge in [-0.05, 0) is 39.2 Å². The molecule has 0 aliphatic heterocycles. The molecule has 1 unspecified atom stereocenters. The molecule has 0 saturated carbocycles. The van der Waals surface area contributed by atoms with Gasteiger partial charge in [-0.15, -0.1) is 0 Å². The first-order valence-corrected chi connectivity index (χ1v) is 10.6. The zero-order valence-corrected chi connectivity index (χ0v) is 16.6. The van der Waals surface area contributed by atoms with Crippen LogP contribution in [0.5, 0.6) is 0 Å². The molecule has 1 N–H and O–H groups in total. The van der Waals surface area contributed by atoms with Crippen LogP contribution < -0.4 is 5.32 Å². The molecule has 1 rings (SSSR count). The number of nitrogens with one attached hydrogen (secondary N) is 1. The van der Waals surface area contributed by atoms with Crippen LogP contribution in [-0.4, -0.2) is 37.9 Å². The van der Waals surface area contributed by atoms with Crippen molar-refractivity contribution in [3.63, 3.8) is 0 Å². The maximum absolute atomic E-state index is 12.3. The molecule has 1 aromatic carbocycles. The van der Waals surface area contributed by atoms with Crippen LogP contribution in [0.2, 0.25) is 0 Å². The normalized spacial score (nSPS) is 12.9. The van der Waals surface area contributed by atoms with E-state index in [4.69, 9.17) is 20.2 Å². The third-order valence-electron chi connectivity index (χ3n) is 3.08. The molecule has 0 aromatic heterocycles. The Morgan fingerprint density at radius 2 is 1.81 bits per heavy atom. The van der Waals surface area contributed by atoms with Gasteiger partial charge in [0.1, 0.15) is 18.2 Å². The SMILES string of the molecule is CC(C)(C)OC(=O)NC(CCCS(=O)(=O)Cl)C(=O)OCc1ccccc1. The zero-order chi connectivity index (χ0) is 19.8. The van der Waals surface area contributed by atoms with Crippen molar-refractivity contribution in [3.8, 4) is 0 Å². The lowest BCUT2D eigenvalue weighted by atomic mass is 10.1. The van der Waals surface area contributed by atoms with E-state index >= 15 is 0 Å². The van der Waals surface area contributed by atoms with Crippen molar-refractivity contribution in [2.75, 3.05) is 5.75 Å². The van der Waals surface area contributed by atoms with E-state index in [1.54, 1.807) is 32.9 Å². The van der Waals surface area contributed by atoms with Crippen molar-refractivity contribution in [2.24, 2.45) is 0 Å². The van der Waals surface area contributed by atoms with Gasteiger partial charge in [-0.25, -0.2) is 18.0 Å². The Bertz CT molecular complexity index is 700. The summed E-state index contributed by atoms with van der Waals surface area (Å²) in [5.41, 5.74) is 0.0578. The second-order valence-electron chi connectivity index (χ2n) is 6.68. The Kier molecular flexibility index (Phi) is 8.36. The summed E-state index contributed by atoms with van der Waals surface area (Å²) in [6.07, 6.45) is -0.640. The number of amides is 1. The predicted molar refractivity (Wildman–Crippen MR) is 98.3 cm³/mol. The number of esters is 1. The van der Waals surface area contributed by atoms with Crippen molar-refractivity contribution in [1.29, 1.82) is 0 Å². The molecule has 1 aromatic rings. The monoisotopic (exact) mass is 405 g/mol. The van der Waals surface area contributed by atoms with E-state index in [9.17, 15) is 18.0 Å². The average molecular weight is 406 g/mol. The van der Waals surface area contributed by atoms with Crippen LogP contribution in [-0.2, 0) is 29.9 Å². The predicted octanol–water partition coefficient (Wildman–Crippen LogP) is 2.97. The Morgan fingerprint density at radius 1 is 1.19 bits per heavy atom. The fourth-order valence-electron chi connectivity index (χ4n) is 1.99. The second kappa shape index (κ2) is 9.78. The first-order valence-electron chi connectivity index (χ1n) is 8.09. The minimum atomic E-state index is -3.68. The van der Waals surface area contributed by atoms with Gasteiger partial charge in [0.2, 0.25) is 9.05 Å². The summed E-state index contributed by atoms with van der Waals surface area (Å²) in [5, 5.41) is 2.42. The molecule has 26 heavy (non-hydrogen) atoms. The summed E-state index contributed by atoms with van der Waals surface area (Å²) in [4.78, 5) is 24.2. The van der Waals surface area contributed by atoms with E-state index in [2.05, 4.69) is 5.32 Å². The van der Waals surface area contributed by atoms with Crippen molar-refractivity contribution in [3.05, 3.63) is 35.9 Å². The van der Waals surface area contributed by atoms with Crippen LogP contribution in [0.3, 0.4) is 0 Å². The zero-order valence-electron chi connectivity index (χ0n) is 15.0. The minimum Gasteiger partial charge on any atom is -0.459 e. The molecular weight excluding hydrogens is 382 g/mol. The maximum Gasteiger partial charge on any atom is 0.408 e. The summed E-state index contributed by atoms with van der Waals surface area (Å²) < 4.78 is 32.4. The molecule has 1 atom stereocenters. The van der Waals surface area contributed by atoms with Crippen LogP contribution in [0.4, 0.5) is 4.79 Å². The number of halogens is 1. The minimum absolute atomic E-state index is 0.0416. The Morgan fingerprint density at radius 3 is 2.35 bits per heavy atom. The lowest BCUT2D eigenvalue weighted by Crippen LogP contribution is -2.44. The number of hydrogen-bond donors (Lipinski definition) is 1. The van der Waals surface area contributed by atoms with Gasteiger partial charge in [0.05, 0.1) is 5.75 Å². The molecule has 0 heterocycles. The molecular formula is C17H24ClNO6S. The summed E-state index contributed by atoms with van der Waals surface area (Å²) in [6, 6.07) is 8.01.